The lowest BCUT2D eigenvalue weighted by molar-refractivity contribution is -0.122. The third kappa shape index (κ3) is 3.01. The number of anilines is 2. The van der Waals surface area contributed by atoms with E-state index in [2.05, 4.69) is 15.6 Å². The van der Waals surface area contributed by atoms with Gasteiger partial charge in [0, 0.05) is 11.4 Å². The average molecular weight is 357 g/mol. The monoisotopic (exact) mass is 357 g/mol. The van der Waals surface area contributed by atoms with E-state index in [9.17, 15) is 14.4 Å². The summed E-state index contributed by atoms with van der Waals surface area (Å²) in [6.45, 7) is 5.03. The molecule has 0 bridgehead atoms. The highest BCUT2D eigenvalue weighted by Gasteiger charge is 2.25. The average Bonchev–Trinajstić information content (AvgIpc) is 2.90. The quantitative estimate of drug-likeness (QED) is 0.731. The molecule has 0 unspecified atom stereocenters. The van der Waals surface area contributed by atoms with Crippen LogP contribution in [0.25, 0.3) is 0 Å². The zero-order chi connectivity index (χ0) is 19.0. The Bertz CT molecular complexity index is 916. The molecule has 0 saturated heterocycles. The highest BCUT2D eigenvalue weighted by atomic mass is 16.5. The third-order valence-corrected chi connectivity index (χ3v) is 4.22. The van der Waals surface area contributed by atoms with Gasteiger partial charge < -0.3 is 25.1 Å². The van der Waals surface area contributed by atoms with Gasteiger partial charge in [-0.15, -0.1) is 0 Å². The maximum absolute atomic E-state index is 12.6. The number of esters is 1. The van der Waals surface area contributed by atoms with Gasteiger partial charge in [-0.25, -0.2) is 4.79 Å². The van der Waals surface area contributed by atoms with E-state index >= 15 is 0 Å². The van der Waals surface area contributed by atoms with Crippen molar-refractivity contribution < 1.29 is 23.9 Å². The van der Waals surface area contributed by atoms with E-state index in [-0.39, 0.29) is 11.6 Å². The lowest BCUT2D eigenvalue weighted by Gasteiger charge is -2.23. The minimum Gasteiger partial charge on any atom is -0.479 e. The van der Waals surface area contributed by atoms with Gasteiger partial charge in [0.1, 0.15) is 11.4 Å². The van der Waals surface area contributed by atoms with Gasteiger partial charge in [-0.1, -0.05) is 0 Å². The Morgan fingerprint density at radius 1 is 1.27 bits per heavy atom. The van der Waals surface area contributed by atoms with E-state index in [1.54, 1.807) is 39.0 Å². The summed E-state index contributed by atoms with van der Waals surface area (Å²) in [5.74, 6) is -0.621. The fourth-order valence-electron chi connectivity index (χ4n) is 2.87. The van der Waals surface area contributed by atoms with Crippen LogP contribution >= 0.6 is 0 Å². The van der Waals surface area contributed by atoms with Crippen molar-refractivity contribution in [1.82, 2.24) is 4.98 Å². The summed E-state index contributed by atoms with van der Waals surface area (Å²) < 4.78 is 10.2. The molecule has 0 spiro atoms. The van der Waals surface area contributed by atoms with Gasteiger partial charge in [-0.2, -0.15) is 0 Å². The Morgan fingerprint density at radius 2 is 2.00 bits per heavy atom. The second-order valence-corrected chi connectivity index (χ2v) is 6.03. The van der Waals surface area contributed by atoms with Crippen LogP contribution in [0.5, 0.6) is 5.75 Å². The first-order chi connectivity index (χ1) is 12.3. The van der Waals surface area contributed by atoms with Gasteiger partial charge in [0.15, 0.2) is 6.10 Å². The number of ether oxygens (including phenoxy) is 2. The van der Waals surface area contributed by atoms with E-state index in [0.717, 1.165) is 0 Å². The smallest absolute Gasteiger partial charge is 0.339 e. The SMILES string of the molecule is COC(=O)c1c(C)[nH]c(C(=O)Nc2ccc3c(c2)NC(=O)[C@@H](C)O3)c1C. The van der Waals surface area contributed by atoms with Crippen molar-refractivity contribution in [3.63, 3.8) is 0 Å². The first kappa shape index (κ1) is 17.5. The lowest BCUT2D eigenvalue weighted by Crippen LogP contribution is -2.34. The number of carbonyl (C=O) groups excluding carboxylic acids is 3. The first-order valence-electron chi connectivity index (χ1n) is 8.02. The van der Waals surface area contributed by atoms with Gasteiger partial charge in [-0.3, -0.25) is 9.59 Å². The highest BCUT2D eigenvalue weighted by molar-refractivity contribution is 6.07. The van der Waals surface area contributed by atoms with E-state index in [0.29, 0.717) is 33.9 Å². The Hall–Kier alpha value is -3.29. The summed E-state index contributed by atoms with van der Waals surface area (Å²) in [5.41, 5.74) is 2.65. The van der Waals surface area contributed by atoms with E-state index in [4.69, 9.17) is 9.47 Å². The molecule has 8 heteroatoms. The molecule has 1 atom stereocenters. The number of H-pyrrole nitrogens is 1. The van der Waals surface area contributed by atoms with Crippen molar-refractivity contribution in [3.8, 4) is 5.75 Å². The Morgan fingerprint density at radius 3 is 2.69 bits per heavy atom. The first-order valence-corrected chi connectivity index (χ1v) is 8.02. The number of fused-ring (bicyclic) bond motifs is 1. The summed E-state index contributed by atoms with van der Waals surface area (Å²) in [6, 6.07) is 4.96. The van der Waals surface area contributed by atoms with Gasteiger partial charge >= 0.3 is 5.97 Å². The molecule has 1 aliphatic heterocycles. The molecule has 3 rings (SSSR count). The Labute approximate surface area is 149 Å². The molecular formula is C18H19N3O5. The molecule has 1 aliphatic rings. The number of methoxy groups -OCH3 is 1. The number of aromatic amines is 1. The van der Waals surface area contributed by atoms with Crippen LogP contribution in [-0.2, 0) is 9.53 Å². The van der Waals surface area contributed by atoms with Crippen molar-refractivity contribution in [2.45, 2.75) is 26.9 Å². The summed E-state index contributed by atoms with van der Waals surface area (Å²) in [6.07, 6.45) is -0.566. The van der Waals surface area contributed by atoms with Crippen LogP contribution in [0.4, 0.5) is 11.4 Å². The molecule has 0 saturated carbocycles. The molecule has 2 amide bonds. The summed E-state index contributed by atoms with van der Waals surface area (Å²) in [4.78, 5) is 39.1. The second-order valence-electron chi connectivity index (χ2n) is 6.03. The van der Waals surface area contributed by atoms with Crippen LogP contribution in [0.3, 0.4) is 0 Å². The molecule has 1 aromatic carbocycles. The molecule has 2 aromatic rings. The zero-order valence-electron chi connectivity index (χ0n) is 14.9. The fraction of sp³-hybridized carbons (Fsp3) is 0.278. The number of carbonyl (C=O) groups is 3. The zero-order valence-corrected chi connectivity index (χ0v) is 14.9. The number of amides is 2. The Kier molecular flexibility index (Phi) is 4.41. The van der Waals surface area contributed by atoms with Gasteiger partial charge in [0.05, 0.1) is 18.4 Å². The van der Waals surface area contributed by atoms with E-state index in [1.165, 1.54) is 7.11 Å². The molecular weight excluding hydrogens is 338 g/mol. The molecule has 0 radical (unpaired) electrons. The maximum Gasteiger partial charge on any atom is 0.339 e. The largest absolute Gasteiger partial charge is 0.479 e. The molecule has 0 aliphatic carbocycles. The van der Waals surface area contributed by atoms with Crippen molar-refractivity contribution in [3.05, 3.63) is 40.7 Å². The second kappa shape index (κ2) is 6.55. The predicted octanol–water partition coefficient (Wildman–Crippen LogP) is 2.39. The third-order valence-electron chi connectivity index (χ3n) is 4.22. The lowest BCUT2D eigenvalue weighted by atomic mass is 10.1. The predicted molar refractivity (Wildman–Crippen MR) is 94.7 cm³/mol. The van der Waals surface area contributed by atoms with Gasteiger partial charge in [0.25, 0.3) is 11.8 Å². The summed E-state index contributed by atoms with van der Waals surface area (Å²) >= 11 is 0. The van der Waals surface area contributed by atoms with Crippen molar-refractivity contribution in [2.75, 3.05) is 17.7 Å². The van der Waals surface area contributed by atoms with Crippen LogP contribution in [-0.4, -0.2) is 36.0 Å². The molecule has 0 fully saturated rings. The Balaban J connectivity index is 1.84. The highest BCUT2D eigenvalue weighted by Crippen LogP contribution is 2.32. The van der Waals surface area contributed by atoms with Crippen LogP contribution in [0, 0.1) is 13.8 Å². The van der Waals surface area contributed by atoms with E-state index < -0.39 is 18.0 Å². The van der Waals surface area contributed by atoms with Crippen LogP contribution in [0.15, 0.2) is 18.2 Å². The molecule has 26 heavy (non-hydrogen) atoms. The fourth-order valence-corrected chi connectivity index (χ4v) is 2.87. The maximum atomic E-state index is 12.6. The number of benzene rings is 1. The number of aryl methyl sites for hydroxylation is 1. The molecule has 2 heterocycles. The van der Waals surface area contributed by atoms with Gasteiger partial charge in [0.2, 0.25) is 0 Å². The van der Waals surface area contributed by atoms with Crippen LogP contribution in [0.2, 0.25) is 0 Å². The minimum absolute atomic E-state index is 0.250. The topological polar surface area (TPSA) is 110 Å². The summed E-state index contributed by atoms with van der Waals surface area (Å²) in [7, 11) is 1.29. The van der Waals surface area contributed by atoms with Gasteiger partial charge in [-0.05, 0) is 44.5 Å². The number of hydrogen-bond donors (Lipinski definition) is 3. The van der Waals surface area contributed by atoms with Crippen LogP contribution < -0.4 is 15.4 Å². The van der Waals surface area contributed by atoms with E-state index in [1.807, 2.05) is 0 Å². The molecule has 8 nitrogen and oxygen atoms in total. The molecule has 1 aromatic heterocycles. The van der Waals surface area contributed by atoms with Crippen LogP contribution in [0.1, 0.15) is 39.0 Å². The molecule has 136 valence electrons. The number of aromatic nitrogens is 1. The number of nitrogens with one attached hydrogen (secondary N) is 3. The standard InChI is InChI=1S/C18H19N3O5/c1-8-14(18(24)25-4)9(2)19-15(8)17(23)20-11-5-6-13-12(7-11)21-16(22)10(3)26-13/h5-7,10,19H,1-4H3,(H,20,23)(H,21,22)/t10-/m1/s1. The van der Waals surface area contributed by atoms with Crippen molar-refractivity contribution >= 4 is 29.2 Å². The minimum atomic E-state index is -0.566. The van der Waals surface area contributed by atoms with Crippen molar-refractivity contribution in [2.24, 2.45) is 0 Å². The molecule has 3 N–H and O–H groups in total. The normalized spacial score (nSPS) is 15.5. The summed E-state index contributed by atoms with van der Waals surface area (Å²) in [5, 5.41) is 5.47. The van der Waals surface area contributed by atoms with Crippen molar-refractivity contribution in [1.29, 1.82) is 0 Å². The number of hydrogen-bond acceptors (Lipinski definition) is 5. The number of rotatable bonds is 3.